The van der Waals surface area contributed by atoms with Gasteiger partial charge in [0.05, 0.1) is 23.9 Å². The number of carboxylic acids is 1. The van der Waals surface area contributed by atoms with Crippen LogP contribution in [0.25, 0.3) is 0 Å². The molecule has 0 radical (unpaired) electrons. The second-order valence-electron chi connectivity index (χ2n) is 7.02. The molecule has 0 fully saturated rings. The third kappa shape index (κ3) is 5.91. The summed E-state index contributed by atoms with van der Waals surface area (Å²) in [6.07, 6.45) is 3.86. The van der Waals surface area contributed by atoms with Crippen LogP contribution in [-0.2, 0) is 16.9 Å². The van der Waals surface area contributed by atoms with Gasteiger partial charge in [0.25, 0.3) is 5.91 Å². The number of aromatic nitrogens is 2. The van der Waals surface area contributed by atoms with E-state index in [0.717, 1.165) is 5.56 Å². The lowest BCUT2D eigenvalue weighted by Crippen LogP contribution is -2.24. The Morgan fingerprint density at radius 2 is 1.92 bits per heavy atom. The highest BCUT2D eigenvalue weighted by Gasteiger charge is 2.16. The monoisotopic (exact) mass is 359 g/mol. The van der Waals surface area contributed by atoms with Crippen molar-refractivity contribution in [2.75, 3.05) is 6.61 Å². The van der Waals surface area contributed by atoms with Gasteiger partial charge < -0.3 is 15.2 Å². The Morgan fingerprint density at radius 3 is 2.50 bits per heavy atom. The number of hydrogen-bond donors (Lipinski definition) is 2. The molecule has 0 saturated carbocycles. The number of hydrogen-bond acceptors (Lipinski definition) is 4. The molecule has 0 bridgehead atoms. The molecule has 0 atom stereocenters. The molecule has 1 aromatic heterocycles. The lowest BCUT2D eigenvalue weighted by atomic mass is 10.1. The number of benzene rings is 1. The lowest BCUT2D eigenvalue weighted by Gasteiger charge is -2.18. The van der Waals surface area contributed by atoms with Gasteiger partial charge in [-0.15, -0.1) is 0 Å². The topological polar surface area (TPSA) is 93.5 Å². The smallest absolute Gasteiger partial charge is 0.303 e. The Kier molecular flexibility index (Phi) is 6.38. The molecule has 7 heteroatoms. The minimum absolute atomic E-state index is 0.0932. The predicted octanol–water partition coefficient (Wildman–Crippen LogP) is 2.81. The largest absolute Gasteiger partial charge is 0.494 e. The van der Waals surface area contributed by atoms with E-state index >= 15 is 0 Å². The molecule has 2 N–H and O–H groups in total. The summed E-state index contributed by atoms with van der Waals surface area (Å²) in [7, 11) is 0. The van der Waals surface area contributed by atoms with Crippen molar-refractivity contribution in [3.8, 4) is 5.75 Å². The molecule has 0 spiro atoms. The van der Waals surface area contributed by atoms with Gasteiger partial charge in [-0.1, -0.05) is 12.1 Å². The maximum atomic E-state index is 12.2. The van der Waals surface area contributed by atoms with Crippen molar-refractivity contribution in [1.29, 1.82) is 0 Å². The Labute approximate surface area is 153 Å². The first kappa shape index (κ1) is 19.5. The number of carboxylic acid groups (broad SMARTS) is 1. The van der Waals surface area contributed by atoms with E-state index in [1.54, 1.807) is 29.2 Å². The van der Waals surface area contributed by atoms with Crippen LogP contribution in [0.5, 0.6) is 5.75 Å². The molecule has 0 aliphatic heterocycles. The molecule has 2 aromatic rings. The van der Waals surface area contributed by atoms with Crippen molar-refractivity contribution in [1.82, 2.24) is 15.1 Å². The van der Waals surface area contributed by atoms with Crippen molar-refractivity contribution in [3.63, 3.8) is 0 Å². The fourth-order valence-corrected chi connectivity index (χ4v) is 2.21. The summed E-state index contributed by atoms with van der Waals surface area (Å²) in [6.45, 7) is 6.83. The molecule has 0 saturated heterocycles. The van der Waals surface area contributed by atoms with Gasteiger partial charge in [-0.05, 0) is 44.9 Å². The molecule has 1 amide bonds. The van der Waals surface area contributed by atoms with Crippen LogP contribution >= 0.6 is 0 Å². The first-order valence-electron chi connectivity index (χ1n) is 8.52. The SMILES string of the molecule is CC(C)(C)n1cc(C(=O)NCc2ccc(OCCCC(=O)O)cc2)cn1. The summed E-state index contributed by atoms with van der Waals surface area (Å²) in [4.78, 5) is 22.7. The average molecular weight is 359 g/mol. The van der Waals surface area contributed by atoms with Crippen LogP contribution in [0, 0.1) is 0 Å². The maximum Gasteiger partial charge on any atom is 0.303 e. The Balaban J connectivity index is 1.81. The Bertz CT molecular complexity index is 745. The zero-order valence-electron chi connectivity index (χ0n) is 15.4. The number of amides is 1. The number of carbonyl (C=O) groups is 2. The third-order valence-electron chi connectivity index (χ3n) is 3.71. The van der Waals surface area contributed by atoms with Gasteiger partial charge in [0.15, 0.2) is 0 Å². The number of rotatable bonds is 8. The van der Waals surface area contributed by atoms with Gasteiger partial charge in [-0.25, -0.2) is 0 Å². The second-order valence-corrected chi connectivity index (χ2v) is 7.02. The summed E-state index contributed by atoms with van der Waals surface area (Å²) < 4.78 is 7.24. The van der Waals surface area contributed by atoms with Crippen LogP contribution < -0.4 is 10.1 Å². The molecule has 7 nitrogen and oxygen atoms in total. The highest BCUT2D eigenvalue weighted by molar-refractivity contribution is 5.93. The van der Waals surface area contributed by atoms with E-state index in [1.165, 1.54) is 0 Å². The molecule has 26 heavy (non-hydrogen) atoms. The van der Waals surface area contributed by atoms with Crippen LogP contribution in [-0.4, -0.2) is 33.4 Å². The summed E-state index contributed by atoms with van der Waals surface area (Å²) in [5.74, 6) is -0.320. The summed E-state index contributed by atoms with van der Waals surface area (Å²) in [5.41, 5.74) is 1.30. The molecule has 0 unspecified atom stereocenters. The van der Waals surface area contributed by atoms with Crippen LogP contribution in [0.4, 0.5) is 0 Å². The van der Waals surface area contributed by atoms with Crippen molar-refractivity contribution < 1.29 is 19.4 Å². The maximum absolute atomic E-state index is 12.2. The normalized spacial score (nSPS) is 11.2. The number of ether oxygens (including phenoxy) is 1. The van der Waals surface area contributed by atoms with Crippen molar-refractivity contribution >= 4 is 11.9 Å². The summed E-state index contributed by atoms with van der Waals surface area (Å²) >= 11 is 0. The van der Waals surface area contributed by atoms with Gasteiger partial charge in [-0.3, -0.25) is 14.3 Å². The van der Waals surface area contributed by atoms with Crippen molar-refractivity contribution in [3.05, 3.63) is 47.8 Å². The fraction of sp³-hybridized carbons (Fsp3) is 0.421. The van der Waals surface area contributed by atoms with E-state index in [-0.39, 0.29) is 17.9 Å². The van der Waals surface area contributed by atoms with Crippen LogP contribution in [0.3, 0.4) is 0 Å². The first-order valence-corrected chi connectivity index (χ1v) is 8.52. The minimum atomic E-state index is -0.826. The quantitative estimate of drug-likeness (QED) is 0.707. The van der Waals surface area contributed by atoms with Crippen molar-refractivity contribution in [2.45, 2.75) is 45.7 Å². The molecule has 0 aliphatic carbocycles. The second kappa shape index (κ2) is 8.51. The average Bonchev–Trinajstić information content (AvgIpc) is 3.08. The standard InChI is InChI=1S/C19H25N3O4/c1-19(2,3)22-13-15(12-21-22)18(25)20-11-14-6-8-16(9-7-14)26-10-4-5-17(23)24/h6-9,12-13H,4-5,10-11H2,1-3H3,(H,20,25)(H,23,24). The molecule has 140 valence electrons. The van der Waals surface area contributed by atoms with E-state index in [9.17, 15) is 9.59 Å². The summed E-state index contributed by atoms with van der Waals surface area (Å²) in [5, 5.41) is 15.7. The van der Waals surface area contributed by atoms with E-state index in [1.807, 2.05) is 32.9 Å². The third-order valence-corrected chi connectivity index (χ3v) is 3.71. The highest BCUT2D eigenvalue weighted by atomic mass is 16.5. The highest BCUT2D eigenvalue weighted by Crippen LogP contribution is 2.14. The Hall–Kier alpha value is -2.83. The van der Waals surface area contributed by atoms with Gasteiger partial charge in [0, 0.05) is 19.2 Å². The van der Waals surface area contributed by atoms with Crippen LogP contribution in [0.2, 0.25) is 0 Å². The molecule has 2 rings (SSSR count). The van der Waals surface area contributed by atoms with E-state index in [2.05, 4.69) is 10.4 Å². The summed E-state index contributed by atoms with van der Waals surface area (Å²) in [6, 6.07) is 7.34. The lowest BCUT2D eigenvalue weighted by molar-refractivity contribution is -0.137. The zero-order valence-corrected chi connectivity index (χ0v) is 15.4. The number of aliphatic carboxylic acids is 1. The van der Waals surface area contributed by atoms with Crippen LogP contribution in [0.1, 0.15) is 49.5 Å². The van der Waals surface area contributed by atoms with Gasteiger partial charge >= 0.3 is 5.97 Å². The number of nitrogens with zero attached hydrogens (tertiary/aromatic N) is 2. The van der Waals surface area contributed by atoms with E-state index < -0.39 is 5.97 Å². The number of nitrogens with one attached hydrogen (secondary N) is 1. The molecule has 1 heterocycles. The van der Waals surface area contributed by atoms with Gasteiger partial charge in [-0.2, -0.15) is 5.10 Å². The van der Waals surface area contributed by atoms with Crippen LogP contribution in [0.15, 0.2) is 36.7 Å². The first-order chi connectivity index (χ1) is 12.3. The molecular formula is C19H25N3O4. The number of carbonyl (C=O) groups excluding carboxylic acids is 1. The van der Waals surface area contributed by atoms with Crippen molar-refractivity contribution in [2.24, 2.45) is 0 Å². The minimum Gasteiger partial charge on any atom is -0.494 e. The van der Waals surface area contributed by atoms with E-state index in [0.29, 0.717) is 30.9 Å². The molecule has 1 aromatic carbocycles. The van der Waals surface area contributed by atoms with E-state index in [4.69, 9.17) is 9.84 Å². The molecule has 0 aliphatic rings. The predicted molar refractivity (Wildman–Crippen MR) is 97.2 cm³/mol. The molecular weight excluding hydrogens is 334 g/mol. The zero-order chi connectivity index (χ0) is 19.2. The van der Waals surface area contributed by atoms with Gasteiger partial charge in [0.2, 0.25) is 0 Å². The van der Waals surface area contributed by atoms with Gasteiger partial charge in [0.1, 0.15) is 5.75 Å². The Morgan fingerprint density at radius 1 is 1.23 bits per heavy atom. The fourth-order valence-electron chi connectivity index (χ4n) is 2.21.